The molecule has 3 rings (SSSR count). The summed E-state index contributed by atoms with van der Waals surface area (Å²) in [5.41, 5.74) is 3.16. The van der Waals surface area contributed by atoms with Crippen LogP contribution < -0.4 is 16.0 Å². The number of aromatic nitrogens is 1. The average Bonchev–Trinajstić information content (AvgIpc) is 2.84. The maximum atomic E-state index is 12.1. The Balaban J connectivity index is 1.45. The molecular formula is C25H29N5O. The monoisotopic (exact) mass is 415 g/mol. The van der Waals surface area contributed by atoms with Crippen molar-refractivity contribution < 1.29 is 4.79 Å². The molecule has 0 bridgehead atoms. The Kier molecular flexibility index (Phi) is 8.61. The minimum absolute atomic E-state index is 0.133. The third kappa shape index (κ3) is 6.96. The number of nitrogens with zero attached hydrogens (tertiary/aromatic N) is 2. The van der Waals surface area contributed by atoms with E-state index in [-0.39, 0.29) is 5.91 Å². The second-order valence-electron chi connectivity index (χ2n) is 7.09. The molecule has 2 aromatic carbocycles. The molecule has 3 aromatic rings. The van der Waals surface area contributed by atoms with Gasteiger partial charge in [0, 0.05) is 45.0 Å². The maximum absolute atomic E-state index is 12.1. The molecule has 1 amide bonds. The van der Waals surface area contributed by atoms with Gasteiger partial charge in [0.05, 0.1) is 5.56 Å². The van der Waals surface area contributed by atoms with Gasteiger partial charge in [-0.2, -0.15) is 0 Å². The molecule has 0 unspecified atom stereocenters. The van der Waals surface area contributed by atoms with Crippen molar-refractivity contribution in [2.75, 3.05) is 26.7 Å². The highest BCUT2D eigenvalue weighted by atomic mass is 16.1. The second kappa shape index (κ2) is 12.1. The first-order valence-corrected chi connectivity index (χ1v) is 10.5. The van der Waals surface area contributed by atoms with Crippen LogP contribution in [0.5, 0.6) is 0 Å². The molecule has 0 aliphatic heterocycles. The summed E-state index contributed by atoms with van der Waals surface area (Å²) in [5.74, 6) is 0.897. The lowest BCUT2D eigenvalue weighted by Crippen LogP contribution is -2.42. The lowest BCUT2D eigenvalue weighted by atomic mass is 9.88. The lowest BCUT2D eigenvalue weighted by molar-refractivity contribution is 0.0954. The van der Waals surface area contributed by atoms with E-state index >= 15 is 0 Å². The number of guanidine groups is 1. The van der Waals surface area contributed by atoms with Crippen molar-refractivity contribution in [1.82, 2.24) is 20.9 Å². The summed E-state index contributed by atoms with van der Waals surface area (Å²) >= 11 is 0. The van der Waals surface area contributed by atoms with Crippen LogP contribution in [0.4, 0.5) is 0 Å². The molecule has 3 N–H and O–H groups in total. The Morgan fingerprint density at radius 1 is 0.839 bits per heavy atom. The SMILES string of the molecule is CN=C(NCCNC(=O)c1cccnc1)NCCC(c1ccccc1)c1ccccc1. The fraction of sp³-hybridized carbons (Fsp3) is 0.240. The van der Waals surface area contributed by atoms with Crippen molar-refractivity contribution in [2.45, 2.75) is 12.3 Å². The summed E-state index contributed by atoms with van der Waals surface area (Å²) in [4.78, 5) is 20.3. The van der Waals surface area contributed by atoms with Crippen LogP contribution in [0.2, 0.25) is 0 Å². The Morgan fingerprint density at radius 3 is 2.03 bits per heavy atom. The van der Waals surface area contributed by atoms with Gasteiger partial charge in [0.15, 0.2) is 5.96 Å². The maximum Gasteiger partial charge on any atom is 0.252 e. The number of hydrogen-bond acceptors (Lipinski definition) is 3. The molecule has 0 spiro atoms. The Hall–Kier alpha value is -3.67. The molecule has 0 radical (unpaired) electrons. The van der Waals surface area contributed by atoms with Crippen molar-refractivity contribution in [3.63, 3.8) is 0 Å². The second-order valence-corrected chi connectivity index (χ2v) is 7.09. The van der Waals surface area contributed by atoms with E-state index < -0.39 is 0 Å². The molecule has 1 aromatic heterocycles. The molecular weight excluding hydrogens is 386 g/mol. The molecule has 0 aliphatic rings. The van der Waals surface area contributed by atoms with Gasteiger partial charge in [0.1, 0.15) is 0 Å². The number of pyridine rings is 1. The number of rotatable bonds is 9. The number of hydrogen-bond donors (Lipinski definition) is 3. The first kappa shape index (κ1) is 22.0. The van der Waals surface area contributed by atoms with E-state index in [1.165, 1.54) is 11.1 Å². The van der Waals surface area contributed by atoms with Gasteiger partial charge >= 0.3 is 0 Å². The third-order valence-corrected chi connectivity index (χ3v) is 4.98. The van der Waals surface area contributed by atoms with Gasteiger partial charge < -0.3 is 16.0 Å². The smallest absolute Gasteiger partial charge is 0.252 e. The van der Waals surface area contributed by atoms with Gasteiger partial charge in [-0.05, 0) is 29.7 Å². The fourth-order valence-electron chi connectivity index (χ4n) is 3.41. The minimum Gasteiger partial charge on any atom is -0.356 e. The standard InChI is InChI=1S/C25H29N5O/c1-26-25(30-18-17-28-24(31)22-13-8-15-27-19-22)29-16-14-23(20-9-4-2-5-10-20)21-11-6-3-7-12-21/h2-13,15,19,23H,14,16-18H2,1H3,(H,28,31)(H2,26,29,30). The van der Waals surface area contributed by atoms with E-state index in [0.29, 0.717) is 24.6 Å². The van der Waals surface area contributed by atoms with Crippen LogP contribution in [-0.2, 0) is 0 Å². The zero-order chi connectivity index (χ0) is 21.7. The van der Waals surface area contributed by atoms with Gasteiger partial charge in [0.2, 0.25) is 0 Å². The summed E-state index contributed by atoms with van der Waals surface area (Å²) in [6.07, 6.45) is 4.14. The number of amides is 1. The van der Waals surface area contributed by atoms with Crippen LogP contribution in [0.15, 0.2) is 90.2 Å². The predicted octanol–water partition coefficient (Wildman–Crippen LogP) is 3.20. The number of benzene rings is 2. The van der Waals surface area contributed by atoms with Crippen molar-refractivity contribution in [1.29, 1.82) is 0 Å². The molecule has 0 saturated heterocycles. The number of carbonyl (C=O) groups is 1. The topological polar surface area (TPSA) is 78.4 Å². The molecule has 31 heavy (non-hydrogen) atoms. The first-order chi connectivity index (χ1) is 15.3. The van der Waals surface area contributed by atoms with Gasteiger partial charge in [-0.3, -0.25) is 14.8 Å². The van der Waals surface area contributed by atoms with E-state index in [1.54, 1.807) is 31.6 Å². The number of carbonyl (C=O) groups excluding carboxylic acids is 1. The zero-order valence-electron chi connectivity index (χ0n) is 17.8. The van der Waals surface area contributed by atoms with Gasteiger partial charge in [-0.1, -0.05) is 60.7 Å². The van der Waals surface area contributed by atoms with Crippen molar-refractivity contribution in [3.8, 4) is 0 Å². The highest BCUT2D eigenvalue weighted by molar-refractivity contribution is 5.93. The van der Waals surface area contributed by atoms with E-state index in [4.69, 9.17) is 0 Å². The molecule has 0 fully saturated rings. The Labute approximate surface area is 183 Å². The molecule has 0 aliphatic carbocycles. The fourth-order valence-corrected chi connectivity index (χ4v) is 3.41. The van der Waals surface area contributed by atoms with Crippen LogP contribution in [0.25, 0.3) is 0 Å². The highest BCUT2D eigenvalue weighted by Crippen LogP contribution is 2.27. The van der Waals surface area contributed by atoms with Crippen molar-refractivity contribution in [2.24, 2.45) is 4.99 Å². The zero-order valence-corrected chi connectivity index (χ0v) is 17.8. The molecule has 1 heterocycles. The van der Waals surface area contributed by atoms with Gasteiger partial charge in [0.25, 0.3) is 5.91 Å². The highest BCUT2D eigenvalue weighted by Gasteiger charge is 2.13. The van der Waals surface area contributed by atoms with Crippen LogP contribution >= 0.6 is 0 Å². The van der Waals surface area contributed by atoms with E-state index in [9.17, 15) is 4.79 Å². The Morgan fingerprint density at radius 2 is 1.45 bits per heavy atom. The number of aliphatic imine (C=N–C) groups is 1. The normalized spacial score (nSPS) is 11.2. The van der Waals surface area contributed by atoms with Crippen LogP contribution in [0, 0.1) is 0 Å². The van der Waals surface area contributed by atoms with Crippen molar-refractivity contribution >= 4 is 11.9 Å². The van der Waals surface area contributed by atoms with Crippen molar-refractivity contribution in [3.05, 3.63) is 102 Å². The van der Waals surface area contributed by atoms with E-state index in [1.807, 2.05) is 12.1 Å². The van der Waals surface area contributed by atoms with Crippen LogP contribution in [0.1, 0.15) is 33.8 Å². The van der Waals surface area contributed by atoms with Gasteiger partial charge in [-0.25, -0.2) is 0 Å². The Bertz CT molecular complexity index is 906. The van der Waals surface area contributed by atoms with E-state index in [0.717, 1.165) is 18.9 Å². The number of nitrogens with one attached hydrogen (secondary N) is 3. The third-order valence-electron chi connectivity index (χ3n) is 4.98. The lowest BCUT2D eigenvalue weighted by Gasteiger charge is -2.19. The average molecular weight is 416 g/mol. The minimum atomic E-state index is -0.133. The summed E-state index contributed by atoms with van der Waals surface area (Å²) in [5, 5.41) is 9.48. The largest absolute Gasteiger partial charge is 0.356 e. The van der Waals surface area contributed by atoms with Crippen LogP contribution in [0.3, 0.4) is 0 Å². The molecule has 6 nitrogen and oxygen atoms in total. The molecule has 6 heteroatoms. The van der Waals surface area contributed by atoms with Gasteiger partial charge in [-0.15, -0.1) is 0 Å². The summed E-state index contributed by atoms with van der Waals surface area (Å²) in [7, 11) is 1.75. The summed E-state index contributed by atoms with van der Waals surface area (Å²) < 4.78 is 0. The van der Waals surface area contributed by atoms with E-state index in [2.05, 4.69) is 74.5 Å². The summed E-state index contributed by atoms with van der Waals surface area (Å²) in [6.45, 7) is 1.84. The molecule has 0 saturated carbocycles. The quantitative estimate of drug-likeness (QED) is 0.285. The summed E-state index contributed by atoms with van der Waals surface area (Å²) in [6, 6.07) is 24.6. The molecule has 160 valence electrons. The van der Waals surface area contributed by atoms with Crippen LogP contribution in [-0.4, -0.2) is 43.5 Å². The predicted molar refractivity (Wildman–Crippen MR) is 125 cm³/mol. The molecule has 0 atom stereocenters. The first-order valence-electron chi connectivity index (χ1n) is 10.5.